The fourth-order valence-corrected chi connectivity index (χ4v) is 8.14. The van der Waals surface area contributed by atoms with Gasteiger partial charge in [0.05, 0.1) is 0 Å². The van der Waals surface area contributed by atoms with Gasteiger partial charge in [-0.15, -0.1) is 0 Å². The molecule has 4 bridgehead atoms. The smallest absolute Gasteiger partial charge is 0.408 e. The van der Waals surface area contributed by atoms with Crippen LogP contribution in [0.4, 0.5) is 4.79 Å². The van der Waals surface area contributed by atoms with E-state index in [0.717, 1.165) is 59.3 Å². The van der Waals surface area contributed by atoms with E-state index < -0.39 is 28.8 Å². The molecule has 7 nitrogen and oxygen atoms in total. The van der Waals surface area contributed by atoms with Gasteiger partial charge in [-0.3, -0.25) is 0 Å². The molecule has 0 radical (unpaired) electrons. The van der Waals surface area contributed by atoms with Crippen molar-refractivity contribution in [3.63, 3.8) is 0 Å². The van der Waals surface area contributed by atoms with Crippen molar-refractivity contribution in [2.24, 2.45) is 17.8 Å². The third kappa shape index (κ3) is 7.13. The quantitative estimate of drug-likeness (QED) is 0.193. The first-order chi connectivity index (χ1) is 21.1. The number of hydrogen-bond donors (Lipinski definition) is 1. The number of rotatable bonds is 7. The molecule has 1 amide bonds. The van der Waals surface area contributed by atoms with Gasteiger partial charge in [0.15, 0.2) is 0 Å². The first-order valence-electron chi connectivity index (χ1n) is 16.5. The van der Waals surface area contributed by atoms with E-state index in [2.05, 4.69) is 23.5 Å². The van der Waals surface area contributed by atoms with Crippen molar-refractivity contribution in [3.05, 3.63) is 59.7 Å². The van der Waals surface area contributed by atoms with E-state index in [1.165, 1.54) is 25.3 Å². The van der Waals surface area contributed by atoms with Crippen LogP contribution in [0.15, 0.2) is 48.5 Å². The highest BCUT2D eigenvalue weighted by Crippen LogP contribution is 2.62. The predicted octanol–water partition coefficient (Wildman–Crippen LogP) is 8.14. The Hall–Kier alpha value is -3.61. The molecule has 2 aromatic rings. The highest BCUT2D eigenvalue weighted by molar-refractivity contribution is 5.90. The molecule has 1 N–H and O–H groups in total. The highest BCUT2D eigenvalue weighted by Gasteiger charge is 2.55. The van der Waals surface area contributed by atoms with Crippen LogP contribution in [-0.4, -0.2) is 34.8 Å². The molecule has 5 aliphatic rings. The Balaban J connectivity index is 1.26. The van der Waals surface area contributed by atoms with Crippen LogP contribution in [0.5, 0.6) is 5.75 Å². The number of nitrogens with one attached hydrogen (secondary N) is 1. The SMILES string of the molecule is CC(C)(C)OC(=O)C=Cc1ccc(-c2ccc(OC(=O)C3(NC(=O)OC(C)(C)C)CC3)c(C34CC5CC(CC(C5)C3)C4)c2)cc1. The number of benzene rings is 2. The fraction of sp³-hybridized carbons (Fsp3) is 0.553. The molecule has 0 aromatic heterocycles. The summed E-state index contributed by atoms with van der Waals surface area (Å²) in [6, 6.07) is 14.3. The van der Waals surface area contributed by atoms with Gasteiger partial charge in [0.25, 0.3) is 0 Å². The van der Waals surface area contributed by atoms with E-state index in [0.29, 0.717) is 18.6 Å². The van der Waals surface area contributed by atoms with Crippen molar-refractivity contribution >= 4 is 24.1 Å². The zero-order chi connectivity index (χ0) is 32.2. The highest BCUT2D eigenvalue weighted by atomic mass is 16.6. The molecule has 0 heterocycles. The molecular formula is C38H47NO6. The monoisotopic (exact) mass is 613 g/mol. The Morgan fingerprint density at radius 1 is 0.778 bits per heavy atom. The molecule has 7 rings (SSSR count). The maximum Gasteiger partial charge on any atom is 0.408 e. The lowest BCUT2D eigenvalue weighted by Crippen LogP contribution is -2.49. The van der Waals surface area contributed by atoms with Crippen molar-refractivity contribution in [3.8, 4) is 16.9 Å². The van der Waals surface area contributed by atoms with Gasteiger partial charge < -0.3 is 19.5 Å². The molecule has 2 aromatic carbocycles. The molecule has 0 atom stereocenters. The standard InChI is InChI=1S/C38H47NO6/c1-35(2,3)44-32(40)14-9-24-7-10-28(11-8-24)29-12-13-31(43-33(41)38(15-16-38)39-34(42)45-36(4,5)6)30(20-29)37-21-25-17-26(22-37)19-27(18-25)23-37/h7-14,20,25-27H,15-19,21-23H2,1-6H3,(H,39,42). The van der Waals surface area contributed by atoms with E-state index >= 15 is 0 Å². The first-order valence-corrected chi connectivity index (χ1v) is 16.5. The van der Waals surface area contributed by atoms with Crippen LogP contribution in [0.3, 0.4) is 0 Å². The Morgan fingerprint density at radius 3 is 1.87 bits per heavy atom. The maximum absolute atomic E-state index is 13.6. The topological polar surface area (TPSA) is 90.9 Å². The zero-order valence-corrected chi connectivity index (χ0v) is 27.5. The molecule has 7 heteroatoms. The second-order valence-electron chi connectivity index (χ2n) is 16.0. The van der Waals surface area contributed by atoms with E-state index in [-0.39, 0.29) is 11.4 Å². The number of ether oxygens (including phenoxy) is 3. The lowest BCUT2D eigenvalue weighted by molar-refractivity contribution is -0.148. The number of esters is 2. The van der Waals surface area contributed by atoms with Crippen LogP contribution < -0.4 is 10.1 Å². The summed E-state index contributed by atoms with van der Waals surface area (Å²) < 4.78 is 17.0. The minimum atomic E-state index is -1.04. The van der Waals surface area contributed by atoms with Gasteiger partial charge in [0.1, 0.15) is 22.5 Å². The zero-order valence-electron chi connectivity index (χ0n) is 27.5. The maximum atomic E-state index is 13.6. The summed E-state index contributed by atoms with van der Waals surface area (Å²) >= 11 is 0. The average Bonchev–Trinajstić information content (AvgIpc) is 3.70. The Bertz CT molecular complexity index is 1470. The lowest BCUT2D eigenvalue weighted by Gasteiger charge is -2.57. The van der Waals surface area contributed by atoms with E-state index in [1.54, 1.807) is 26.8 Å². The largest absolute Gasteiger partial charge is 0.457 e. The van der Waals surface area contributed by atoms with Crippen molar-refractivity contribution < 1.29 is 28.6 Å². The third-order valence-electron chi connectivity index (χ3n) is 9.74. The molecule has 0 saturated heterocycles. The summed E-state index contributed by atoms with van der Waals surface area (Å²) in [6.45, 7) is 11.0. The second kappa shape index (κ2) is 11.3. The molecule has 0 aliphatic heterocycles. The van der Waals surface area contributed by atoms with E-state index in [4.69, 9.17) is 14.2 Å². The lowest BCUT2D eigenvalue weighted by atomic mass is 9.48. The minimum absolute atomic E-state index is 0.00816. The van der Waals surface area contributed by atoms with Crippen LogP contribution in [0, 0.1) is 17.8 Å². The Morgan fingerprint density at radius 2 is 1.33 bits per heavy atom. The van der Waals surface area contributed by atoms with Crippen molar-refractivity contribution in [1.82, 2.24) is 5.32 Å². The third-order valence-corrected chi connectivity index (χ3v) is 9.74. The Labute approximate surface area is 267 Å². The molecule has 45 heavy (non-hydrogen) atoms. The van der Waals surface area contributed by atoms with Crippen molar-refractivity contribution in [2.75, 3.05) is 0 Å². The van der Waals surface area contributed by atoms with Gasteiger partial charge in [0, 0.05) is 11.6 Å². The predicted molar refractivity (Wildman–Crippen MR) is 174 cm³/mol. The van der Waals surface area contributed by atoms with Crippen LogP contribution >= 0.6 is 0 Å². The van der Waals surface area contributed by atoms with Crippen molar-refractivity contribution in [2.45, 2.75) is 115 Å². The summed E-state index contributed by atoms with van der Waals surface area (Å²) in [5.74, 6) is 1.99. The van der Waals surface area contributed by atoms with Gasteiger partial charge in [0.2, 0.25) is 0 Å². The molecule has 5 aliphatic carbocycles. The number of alkyl carbamates (subject to hydrolysis) is 1. The van der Waals surface area contributed by atoms with Crippen LogP contribution in [0.1, 0.15) is 104 Å². The second-order valence-corrected chi connectivity index (χ2v) is 16.0. The van der Waals surface area contributed by atoms with Crippen LogP contribution in [-0.2, 0) is 24.5 Å². The van der Waals surface area contributed by atoms with E-state index in [9.17, 15) is 14.4 Å². The number of carbonyl (C=O) groups is 3. The molecule has 240 valence electrons. The summed E-state index contributed by atoms with van der Waals surface area (Å²) in [5.41, 5.74) is 1.91. The summed E-state index contributed by atoms with van der Waals surface area (Å²) in [5, 5.41) is 2.80. The first kappa shape index (κ1) is 31.4. The summed E-state index contributed by atoms with van der Waals surface area (Å²) in [6.07, 6.45) is 11.0. The molecule has 0 spiro atoms. The fourth-order valence-electron chi connectivity index (χ4n) is 8.14. The van der Waals surface area contributed by atoms with Crippen LogP contribution in [0.2, 0.25) is 0 Å². The molecule has 5 saturated carbocycles. The van der Waals surface area contributed by atoms with Gasteiger partial charge in [-0.05, 0) is 151 Å². The van der Waals surface area contributed by atoms with Gasteiger partial charge in [-0.2, -0.15) is 0 Å². The number of hydrogen-bond acceptors (Lipinski definition) is 6. The Kier molecular flexibility index (Phi) is 7.90. The normalized spacial score (nSPS) is 26.4. The molecule has 5 fully saturated rings. The minimum Gasteiger partial charge on any atom is -0.457 e. The molecule has 0 unspecified atom stereocenters. The van der Waals surface area contributed by atoms with Crippen molar-refractivity contribution in [1.29, 1.82) is 0 Å². The van der Waals surface area contributed by atoms with Crippen LogP contribution in [0.25, 0.3) is 17.2 Å². The number of amides is 1. The van der Waals surface area contributed by atoms with Gasteiger partial charge in [-0.1, -0.05) is 30.3 Å². The summed E-state index contributed by atoms with van der Waals surface area (Å²) in [4.78, 5) is 38.3. The molecular weight excluding hydrogens is 566 g/mol. The van der Waals surface area contributed by atoms with E-state index in [1.807, 2.05) is 45.0 Å². The average molecular weight is 614 g/mol. The van der Waals surface area contributed by atoms with Gasteiger partial charge >= 0.3 is 18.0 Å². The van der Waals surface area contributed by atoms with Gasteiger partial charge in [-0.25, -0.2) is 14.4 Å². The number of carbonyl (C=O) groups excluding carboxylic acids is 3. The summed E-state index contributed by atoms with van der Waals surface area (Å²) in [7, 11) is 0.